The first-order valence-electron chi connectivity index (χ1n) is 12.5. The lowest BCUT2D eigenvalue weighted by atomic mass is 9.88. The number of aromatic nitrogens is 2. The van der Waals surface area contributed by atoms with Crippen LogP contribution in [0.2, 0.25) is 5.02 Å². The van der Waals surface area contributed by atoms with Gasteiger partial charge in [-0.15, -0.1) is 0 Å². The van der Waals surface area contributed by atoms with E-state index in [1.807, 2.05) is 0 Å². The summed E-state index contributed by atoms with van der Waals surface area (Å²) in [5.41, 5.74) is -1.91. The molecule has 8 nitrogen and oxygen atoms in total. The first kappa shape index (κ1) is 29.2. The summed E-state index contributed by atoms with van der Waals surface area (Å²) in [4.78, 5) is 38.8. The van der Waals surface area contributed by atoms with Crippen LogP contribution in [0.4, 0.5) is 8.78 Å². The van der Waals surface area contributed by atoms with Gasteiger partial charge in [0.05, 0.1) is 43.8 Å². The van der Waals surface area contributed by atoms with Gasteiger partial charge in [-0.25, -0.2) is 22.3 Å². The summed E-state index contributed by atoms with van der Waals surface area (Å²) in [6, 6.07) is 3.51. The lowest BCUT2D eigenvalue weighted by Crippen LogP contribution is -2.56. The van der Waals surface area contributed by atoms with E-state index in [2.05, 4.69) is 14.3 Å². The Morgan fingerprint density at radius 2 is 1.87 bits per heavy atom. The number of esters is 1. The summed E-state index contributed by atoms with van der Waals surface area (Å²) in [7, 11) is -3.02. The molecule has 0 amide bonds. The van der Waals surface area contributed by atoms with Crippen LogP contribution >= 0.6 is 11.6 Å². The van der Waals surface area contributed by atoms with Gasteiger partial charge in [0.25, 0.3) is 0 Å². The van der Waals surface area contributed by atoms with Crippen LogP contribution in [0.3, 0.4) is 0 Å². The number of ether oxygens (including phenoxy) is 1. The first-order valence-corrected chi connectivity index (χ1v) is 14.5. The zero-order chi connectivity index (χ0) is 29.0. The number of aliphatic imine (C=N–C) groups is 1. The highest BCUT2D eigenvalue weighted by molar-refractivity contribution is 7.96. The van der Waals surface area contributed by atoms with Crippen molar-refractivity contribution in [3.05, 3.63) is 58.1 Å². The number of Topliss-reactive ketones (excluding diaryl/α,β-unsaturated/α-hetero) is 1. The number of halogens is 3. The second kappa shape index (κ2) is 9.99. The Kier molecular flexibility index (Phi) is 7.48. The van der Waals surface area contributed by atoms with Crippen LogP contribution in [-0.2, 0) is 31.2 Å². The molecular formula is C27H31ClF2N4O4S. The van der Waals surface area contributed by atoms with Crippen molar-refractivity contribution < 1.29 is 27.3 Å². The third kappa shape index (κ3) is 5.35. The molecule has 210 valence electrons. The zero-order valence-corrected chi connectivity index (χ0v) is 24.3. The molecule has 4 rings (SSSR count). The highest BCUT2D eigenvalue weighted by atomic mass is 35.5. The third-order valence-electron chi connectivity index (χ3n) is 7.01. The lowest BCUT2D eigenvalue weighted by Gasteiger charge is -2.45. The average molecular weight is 581 g/mol. The lowest BCUT2D eigenvalue weighted by molar-refractivity contribution is -0.153. The molecule has 0 unspecified atom stereocenters. The van der Waals surface area contributed by atoms with E-state index >= 15 is 4.39 Å². The van der Waals surface area contributed by atoms with Gasteiger partial charge in [-0.05, 0) is 66.2 Å². The fourth-order valence-corrected chi connectivity index (χ4v) is 8.61. The van der Waals surface area contributed by atoms with Crippen LogP contribution in [0.5, 0.6) is 0 Å². The van der Waals surface area contributed by atoms with E-state index in [-0.39, 0.29) is 40.7 Å². The molecule has 2 aromatic rings. The van der Waals surface area contributed by atoms with Crippen molar-refractivity contribution in [1.29, 1.82) is 0 Å². The fraction of sp³-hybridized carbons (Fsp3) is 0.519. The van der Waals surface area contributed by atoms with E-state index in [1.54, 1.807) is 41.5 Å². The molecule has 0 bridgehead atoms. The standard InChI is InChI=1S/C27H31ClF2N4O4S/c1-25(2,3)38-22(36)13-20-26(4,5)39(37)21(9-10-32-39)27(6,34-20)24-18(30)8-7-16(33-24)12-19(35)23-17(28)11-15(29)14-31-23/h7-8,11,14,21H,9-10,12-13H2,1-6H3/t21-,27+,39+/m1/s1. The van der Waals surface area contributed by atoms with Gasteiger partial charge < -0.3 is 4.74 Å². The highest BCUT2D eigenvalue weighted by Gasteiger charge is 2.58. The fourth-order valence-electron chi connectivity index (χ4n) is 5.10. The monoisotopic (exact) mass is 580 g/mol. The second-order valence-electron chi connectivity index (χ2n) is 11.4. The van der Waals surface area contributed by atoms with E-state index in [4.69, 9.17) is 21.3 Å². The van der Waals surface area contributed by atoms with Gasteiger partial charge in [0.1, 0.15) is 34.2 Å². The van der Waals surface area contributed by atoms with Crippen LogP contribution in [0.25, 0.3) is 0 Å². The van der Waals surface area contributed by atoms with Crippen LogP contribution in [0.1, 0.15) is 76.3 Å². The summed E-state index contributed by atoms with van der Waals surface area (Å²) < 4.78 is 52.2. The molecule has 2 aromatic heterocycles. The van der Waals surface area contributed by atoms with Gasteiger partial charge in [-0.3, -0.25) is 19.6 Å². The Labute approximate surface area is 231 Å². The third-order valence-corrected chi connectivity index (χ3v) is 11.0. The Bertz CT molecular complexity index is 1510. The van der Waals surface area contributed by atoms with Crippen molar-refractivity contribution in [3.8, 4) is 0 Å². The first-order chi connectivity index (χ1) is 18.0. The van der Waals surface area contributed by atoms with Gasteiger partial charge in [-0.1, -0.05) is 11.6 Å². The van der Waals surface area contributed by atoms with Crippen molar-refractivity contribution in [3.63, 3.8) is 0 Å². The number of fused-ring (bicyclic) bond motifs is 1. The second-order valence-corrected chi connectivity index (χ2v) is 14.8. The molecule has 39 heavy (non-hydrogen) atoms. The van der Waals surface area contributed by atoms with E-state index < -0.39 is 54.3 Å². The maximum absolute atomic E-state index is 15.4. The molecule has 0 fully saturated rings. The zero-order valence-electron chi connectivity index (χ0n) is 22.7. The quantitative estimate of drug-likeness (QED) is 0.341. The van der Waals surface area contributed by atoms with Crippen LogP contribution in [-0.4, -0.2) is 53.8 Å². The molecule has 0 saturated carbocycles. The van der Waals surface area contributed by atoms with Crippen LogP contribution in [0, 0.1) is 11.6 Å². The topological polar surface area (TPSA) is 111 Å². The van der Waals surface area contributed by atoms with Gasteiger partial charge in [0.2, 0.25) is 0 Å². The van der Waals surface area contributed by atoms with Gasteiger partial charge >= 0.3 is 5.97 Å². The minimum absolute atomic E-state index is 0.0991. The summed E-state index contributed by atoms with van der Waals surface area (Å²) in [5.74, 6) is -2.46. The summed E-state index contributed by atoms with van der Waals surface area (Å²) >= 11 is 5.99. The number of ketones is 1. The molecule has 0 aromatic carbocycles. The van der Waals surface area contributed by atoms with Crippen LogP contribution in [0.15, 0.2) is 33.8 Å². The van der Waals surface area contributed by atoms with Crippen molar-refractivity contribution in [2.24, 2.45) is 9.36 Å². The summed E-state index contributed by atoms with van der Waals surface area (Å²) in [6.07, 6.45) is 0.746. The van der Waals surface area contributed by atoms with Crippen molar-refractivity contribution in [1.82, 2.24) is 9.97 Å². The average Bonchev–Trinajstić information content (AvgIpc) is 3.22. The number of hydrogen-bond acceptors (Lipinski definition) is 8. The largest absolute Gasteiger partial charge is 0.460 e. The molecular weight excluding hydrogens is 550 g/mol. The molecule has 2 aliphatic rings. The number of hydrogen-bond donors (Lipinski definition) is 0. The smallest absolute Gasteiger partial charge is 0.312 e. The van der Waals surface area contributed by atoms with Crippen molar-refractivity contribution in [2.75, 3.05) is 6.54 Å². The predicted octanol–water partition coefficient (Wildman–Crippen LogP) is 5.25. The van der Waals surface area contributed by atoms with E-state index in [1.165, 1.54) is 12.1 Å². The maximum Gasteiger partial charge on any atom is 0.312 e. The number of carbonyl (C=O) groups excluding carboxylic acids is 2. The Hall–Kier alpha value is -2.79. The molecule has 0 N–H and O–H groups in total. The Morgan fingerprint density at radius 3 is 2.51 bits per heavy atom. The minimum Gasteiger partial charge on any atom is -0.460 e. The summed E-state index contributed by atoms with van der Waals surface area (Å²) in [5, 5.41) is -0.823. The van der Waals surface area contributed by atoms with Crippen LogP contribution < -0.4 is 0 Å². The number of pyridine rings is 2. The minimum atomic E-state index is -3.02. The number of rotatable bonds is 6. The normalized spacial score (nSPS) is 25.9. The molecule has 3 atom stereocenters. The molecule has 4 heterocycles. The van der Waals surface area contributed by atoms with Gasteiger partial charge in [0, 0.05) is 18.0 Å². The van der Waals surface area contributed by atoms with E-state index in [0.717, 1.165) is 12.3 Å². The Morgan fingerprint density at radius 1 is 1.18 bits per heavy atom. The Balaban J connectivity index is 1.78. The van der Waals surface area contributed by atoms with Crippen molar-refractivity contribution in [2.45, 2.75) is 81.9 Å². The SMILES string of the molecule is CC(C)(C)OC(=O)CC1=N[C@](C)(c2nc(CC(=O)c3ncc(F)cc3Cl)ccc2F)[C@H]2CCN=[S@@]2(=O)C1(C)C. The molecule has 0 spiro atoms. The number of nitrogens with zero attached hydrogens (tertiary/aromatic N) is 4. The maximum atomic E-state index is 15.4. The highest BCUT2D eigenvalue weighted by Crippen LogP contribution is 2.48. The summed E-state index contributed by atoms with van der Waals surface area (Å²) in [6.45, 7) is 10.6. The van der Waals surface area contributed by atoms with Gasteiger partial charge in [0.15, 0.2) is 5.78 Å². The van der Waals surface area contributed by atoms with E-state index in [0.29, 0.717) is 13.0 Å². The molecule has 0 radical (unpaired) electrons. The molecule has 2 aliphatic heterocycles. The number of carbonyl (C=O) groups is 2. The van der Waals surface area contributed by atoms with E-state index in [9.17, 15) is 18.2 Å². The predicted molar refractivity (Wildman–Crippen MR) is 145 cm³/mol. The molecule has 0 saturated heterocycles. The molecule has 12 heteroatoms. The molecule has 0 aliphatic carbocycles. The van der Waals surface area contributed by atoms with Gasteiger partial charge in [-0.2, -0.15) is 0 Å². The van der Waals surface area contributed by atoms with Crippen molar-refractivity contribution >= 4 is 38.8 Å².